The molecule has 0 aliphatic rings. The number of terminal acetylenes is 1. The molecule has 0 aromatic heterocycles. The van der Waals surface area contributed by atoms with Crippen LogP contribution in [-0.2, 0) is 19.1 Å². The van der Waals surface area contributed by atoms with Crippen LogP contribution in [0.1, 0.15) is 77.1 Å². The number of nitrogens with one attached hydrogen (secondary N) is 2. The van der Waals surface area contributed by atoms with Gasteiger partial charge < -0.3 is 21.1 Å². The van der Waals surface area contributed by atoms with E-state index in [4.69, 9.17) is 16.9 Å². The Kier molecular flexibility index (Phi) is 9.89. The highest BCUT2D eigenvalue weighted by molar-refractivity contribution is 5.94. The Morgan fingerprint density at radius 1 is 1.11 bits per heavy atom. The van der Waals surface area contributed by atoms with Crippen molar-refractivity contribution in [2.24, 2.45) is 5.73 Å². The summed E-state index contributed by atoms with van der Waals surface area (Å²) in [6.45, 7) is 14.2. The monoisotopic (exact) mass is 486 g/mol. The van der Waals surface area contributed by atoms with Crippen molar-refractivity contribution in [1.82, 2.24) is 15.5 Å². The molecule has 4 amide bonds. The first-order valence-electron chi connectivity index (χ1n) is 11.4. The fourth-order valence-electron chi connectivity index (χ4n) is 3.33. The average Bonchev–Trinajstić information content (AvgIpc) is 2.68. The van der Waals surface area contributed by atoms with Gasteiger partial charge in [0.2, 0.25) is 11.8 Å². The van der Waals surface area contributed by atoms with E-state index in [0.29, 0.717) is 5.56 Å². The summed E-state index contributed by atoms with van der Waals surface area (Å²) in [5.74, 6) is -1.88. The van der Waals surface area contributed by atoms with Gasteiger partial charge in [-0.3, -0.25) is 19.3 Å². The Morgan fingerprint density at radius 3 is 2.20 bits per heavy atom. The average molecular weight is 487 g/mol. The van der Waals surface area contributed by atoms with Gasteiger partial charge in [-0.05, 0) is 78.5 Å². The first-order valence-corrected chi connectivity index (χ1v) is 11.4. The second kappa shape index (κ2) is 11.7. The highest BCUT2D eigenvalue weighted by Gasteiger charge is 2.37. The lowest BCUT2D eigenvalue weighted by Gasteiger charge is -2.33. The Labute approximate surface area is 208 Å². The summed E-state index contributed by atoms with van der Waals surface area (Å²) in [5.41, 5.74) is 6.11. The number of hydrogen-bond acceptors (Lipinski definition) is 5. The summed E-state index contributed by atoms with van der Waals surface area (Å²) in [6, 6.07) is 5.29. The number of primary amides is 1. The molecular weight excluding hydrogens is 448 g/mol. The molecule has 0 aliphatic carbocycles. The van der Waals surface area contributed by atoms with Crippen LogP contribution in [-0.4, -0.2) is 45.9 Å². The highest BCUT2D eigenvalue weighted by Crippen LogP contribution is 2.28. The van der Waals surface area contributed by atoms with Gasteiger partial charge in [0.25, 0.3) is 5.91 Å². The Morgan fingerprint density at radius 2 is 1.71 bits per heavy atom. The van der Waals surface area contributed by atoms with Crippen LogP contribution in [0.2, 0.25) is 0 Å². The predicted molar refractivity (Wildman–Crippen MR) is 134 cm³/mol. The topological polar surface area (TPSA) is 131 Å². The minimum atomic E-state index is -1.25. The maximum Gasteiger partial charge on any atom is 0.408 e. The van der Waals surface area contributed by atoms with Crippen molar-refractivity contribution < 1.29 is 23.9 Å². The summed E-state index contributed by atoms with van der Waals surface area (Å²) in [4.78, 5) is 51.9. The zero-order valence-electron chi connectivity index (χ0n) is 21.9. The van der Waals surface area contributed by atoms with Gasteiger partial charge in [0.05, 0.1) is 0 Å². The molecule has 1 aromatic rings. The highest BCUT2D eigenvalue weighted by atomic mass is 16.6. The van der Waals surface area contributed by atoms with Gasteiger partial charge in [-0.1, -0.05) is 24.6 Å². The van der Waals surface area contributed by atoms with E-state index in [9.17, 15) is 19.2 Å². The van der Waals surface area contributed by atoms with Gasteiger partial charge in [0.15, 0.2) is 0 Å². The van der Waals surface area contributed by atoms with Crippen LogP contribution in [0, 0.1) is 26.3 Å². The van der Waals surface area contributed by atoms with Gasteiger partial charge in [-0.2, -0.15) is 0 Å². The number of carbonyl (C=O) groups excluding carboxylic acids is 4. The summed E-state index contributed by atoms with van der Waals surface area (Å²) in [5, 5.41) is 5.36. The third kappa shape index (κ3) is 9.32. The second-order valence-corrected chi connectivity index (χ2v) is 10.5. The molecule has 0 heterocycles. The van der Waals surface area contributed by atoms with Crippen molar-refractivity contribution in [3.05, 3.63) is 34.9 Å². The van der Waals surface area contributed by atoms with E-state index in [1.807, 2.05) is 40.7 Å². The zero-order chi connectivity index (χ0) is 27.1. The molecule has 1 rings (SSSR count). The molecule has 9 nitrogen and oxygen atoms in total. The molecule has 1 aromatic carbocycles. The van der Waals surface area contributed by atoms with Crippen LogP contribution in [0.15, 0.2) is 18.2 Å². The second-order valence-electron chi connectivity index (χ2n) is 10.5. The van der Waals surface area contributed by atoms with Crippen molar-refractivity contribution >= 4 is 23.8 Å². The van der Waals surface area contributed by atoms with Crippen LogP contribution in [0.4, 0.5) is 4.79 Å². The normalized spacial score (nSPS) is 13.1. The standard InChI is InChI=1S/C26H38N4O5/c1-10-30(23(33)19(14-15-20(27)31)28-24(34)35-26(7,8)9)21(22(32)29-25(4,5)6)18-13-11-12-16(2)17(18)3/h1,11-13,19,21H,14-15H2,2-9H3,(H2,27,31)(H,28,34)(H,29,32). The van der Waals surface area contributed by atoms with E-state index in [0.717, 1.165) is 16.0 Å². The molecule has 0 saturated carbocycles. The van der Waals surface area contributed by atoms with E-state index in [1.165, 1.54) is 0 Å². The lowest BCUT2D eigenvalue weighted by atomic mass is 9.94. The summed E-state index contributed by atoms with van der Waals surface area (Å²) in [7, 11) is 0. The number of rotatable bonds is 8. The SMILES string of the molecule is C#CN(C(=O)C(CCC(N)=O)NC(=O)OC(C)(C)C)C(C(=O)NC(C)(C)C)c1cccc(C)c1C. The number of ether oxygens (including phenoxy) is 1. The van der Waals surface area contributed by atoms with Crippen molar-refractivity contribution in [3.8, 4) is 12.5 Å². The molecule has 0 spiro atoms. The molecular formula is C26H38N4O5. The lowest BCUT2D eigenvalue weighted by molar-refractivity contribution is -0.139. The Balaban J connectivity index is 3.50. The molecule has 2 atom stereocenters. The number of aryl methyl sites for hydroxylation is 1. The number of carbonyl (C=O) groups is 4. The van der Waals surface area contributed by atoms with Gasteiger partial charge in [0, 0.05) is 18.0 Å². The minimum Gasteiger partial charge on any atom is -0.444 e. The number of nitrogens with two attached hydrogens (primary N) is 1. The molecule has 9 heteroatoms. The number of benzene rings is 1. The van der Waals surface area contributed by atoms with E-state index in [-0.39, 0.29) is 12.8 Å². The first-order chi connectivity index (χ1) is 16.0. The van der Waals surface area contributed by atoms with Gasteiger partial charge in [-0.15, -0.1) is 0 Å². The number of nitrogens with zero attached hydrogens (tertiary/aromatic N) is 1. The third-order valence-corrected chi connectivity index (χ3v) is 4.99. The fraction of sp³-hybridized carbons (Fsp3) is 0.538. The molecule has 4 N–H and O–H groups in total. The quantitative estimate of drug-likeness (QED) is 0.384. The van der Waals surface area contributed by atoms with Crippen molar-refractivity contribution in [1.29, 1.82) is 0 Å². The zero-order valence-corrected chi connectivity index (χ0v) is 21.9. The smallest absolute Gasteiger partial charge is 0.408 e. The Hall–Kier alpha value is -3.54. The number of hydrogen-bond donors (Lipinski definition) is 3. The summed E-state index contributed by atoms with van der Waals surface area (Å²) >= 11 is 0. The first kappa shape index (κ1) is 29.5. The Bertz CT molecular complexity index is 998. The fourth-order valence-corrected chi connectivity index (χ4v) is 3.33. The van der Waals surface area contributed by atoms with Gasteiger partial charge in [0.1, 0.15) is 17.7 Å². The van der Waals surface area contributed by atoms with Crippen molar-refractivity contribution in [2.45, 2.75) is 91.5 Å². The third-order valence-electron chi connectivity index (χ3n) is 4.99. The minimum absolute atomic E-state index is 0.119. The summed E-state index contributed by atoms with van der Waals surface area (Å²) < 4.78 is 5.26. The maximum atomic E-state index is 13.7. The van der Waals surface area contributed by atoms with Gasteiger partial charge >= 0.3 is 6.09 Å². The predicted octanol–water partition coefficient (Wildman–Crippen LogP) is 2.84. The van der Waals surface area contributed by atoms with E-state index >= 15 is 0 Å². The lowest BCUT2D eigenvalue weighted by Crippen LogP contribution is -2.53. The molecule has 2 unspecified atom stereocenters. The van der Waals surface area contributed by atoms with E-state index in [1.54, 1.807) is 32.9 Å². The van der Waals surface area contributed by atoms with Crippen molar-refractivity contribution in [2.75, 3.05) is 0 Å². The number of amides is 4. The molecule has 0 aliphatic heterocycles. The molecule has 0 bridgehead atoms. The molecule has 35 heavy (non-hydrogen) atoms. The van der Waals surface area contributed by atoms with Crippen LogP contribution in [0.25, 0.3) is 0 Å². The van der Waals surface area contributed by atoms with Gasteiger partial charge in [-0.25, -0.2) is 4.79 Å². The van der Waals surface area contributed by atoms with Crippen molar-refractivity contribution in [3.63, 3.8) is 0 Å². The van der Waals surface area contributed by atoms with E-state index < -0.39 is 47.0 Å². The van der Waals surface area contributed by atoms with Crippen LogP contribution >= 0.6 is 0 Å². The molecule has 0 radical (unpaired) electrons. The van der Waals surface area contributed by atoms with Crippen LogP contribution < -0.4 is 16.4 Å². The largest absolute Gasteiger partial charge is 0.444 e. The molecule has 0 fully saturated rings. The number of alkyl carbamates (subject to hydrolysis) is 1. The van der Waals surface area contributed by atoms with Crippen LogP contribution in [0.5, 0.6) is 0 Å². The summed E-state index contributed by atoms with van der Waals surface area (Å²) in [6.07, 6.45) is 4.60. The maximum absolute atomic E-state index is 13.7. The molecule has 0 saturated heterocycles. The van der Waals surface area contributed by atoms with Crippen LogP contribution in [0.3, 0.4) is 0 Å². The van der Waals surface area contributed by atoms with E-state index in [2.05, 4.69) is 16.7 Å². The molecule has 192 valence electrons.